The normalized spacial score (nSPS) is 24.7. The van der Waals surface area contributed by atoms with Crippen LogP contribution >= 0.6 is 11.3 Å². The van der Waals surface area contributed by atoms with E-state index in [-0.39, 0.29) is 0 Å². The number of piperidine rings is 1. The largest absolute Gasteiger partial charge is 0.355 e. The molecule has 0 bridgehead atoms. The predicted octanol–water partition coefficient (Wildman–Crippen LogP) is 2.71. The fourth-order valence-corrected chi connectivity index (χ4v) is 3.29. The van der Waals surface area contributed by atoms with Crippen molar-refractivity contribution in [1.82, 2.24) is 10.1 Å². The van der Waals surface area contributed by atoms with Crippen LogP contribution in [0.25, 0.3) is 10.6 Å². The Hall–Kier alpha value is -1.17. The molecule has 0 saturated carbocycles. The number of rotatable bonds is 3. The van der Waals surface area contributed by atoms with E-state index in [1.807, 2.05) is 17.5 Å². The highest BCUT2D eigenvalue weighted by Gasteiger charge is 2.24. The first-order chi connectivity index (χ1) is 9.22. The van der Waals surface area contributed by atoms with Crippen molar-refractivity contribution in [2.75, 3.05) is 6.54 Å². The minimum atomic E-state index is 0.352. The van der Waals surface area contributed by atoms with Gasteiger partial charge in [0.2, 0.25) is 0 Å². The van der Waals surface area contributed by atoms with Crippen LogP contribution in [0.15, 0.2) is 28.1 Å². The number of aromatic nitrogens is 1. The molecule has 102 valence electrons. The fourth-order valence-electron chi connectivity index (χ4n) is 2.62. The van der Waals surface area contributed by atoms with Gasteiger partial charge in [0.25, 0.3) is 0 Å². The molecule has 5 heteroatoms. The Morgan fingerprint density at radius 2 is 2.47 bits per heavy atom. The zero-order valence-electron chi connectivity index (χ0n) is 11.1. The highest BCUT2D eigenvalue weighted by atomic mass is 32.1. The van der Waals surface area contributed by atoms with Crippen LogP contribution in [0.4, 0.5) is 0 Å². The second-order valence-corrected chi connectivity index (χ2v) is 6.21. The Bertz CT molecular complexity index is 523. The Morgan fingerprint density at radius 1 is 1.58 bits per heavy atom. The van der Waals surface area contributed by atoms with Crippen molar-refractivity contribution in [2.24, 2.45) is 5.73 Å². The number of nitrogens with two attached hydrogens (primary N) is 1. The van der Waals surface area contributed by atoms with Gasteiger partial charge in [-0.2, -0.15) is 0 Å². The lowest BCUT2D eigenvalue weighted by Gasteiger charge is -2.35. The molecule has 1 saturated heterocycles. The molecule has 2 N–H and O–H groups in total. The van der Waals surface area contributed by atoms with Crippen LogP contribution in [-0.2, 0) is 6.54 Å². The van der Waals surface area contributed by atoms with Gasteiger partial charge < -0.3 is 10.3 Å². The summed E-state index contributed by atoms with van der Waals surface area (Å²) in [4.78, 5) is 3.56. The Balaban J connectivity index is 1.67. The van der Waals surface area contributed by atoms with E-state index in [2.05, 4.69) is 23.0 Å². The standard InChI is InChI=1S/C14H19N3OS/c1-10-7-11(15)4-5-17(10)9-12-8-13(18-16-12)14-3-2-6-19-14/h2-3,6,8,10-11H,4-5,7,9,15H2,1H3. The van der Waals surface area contributed by atoms with Crippen molar-refractivity contribution in [3.63, 3.8) is 0 Å². The summed E-state index contributed by atoms with van der Waals surface area (Å²) in [7, 11) is 0. The van der Waals surface area contributed by atoms with Gasteiger partial charge in [-0.25, -0.2) is 0 Å². The molecule has 0 aromatic carbocycles. The van der Waals surface area contributed by atoms with Gasteiger partial charge in [-0.3, -0.25) is 4.90 Å². The zero-order chi connectivity index (χ0) is 13.2. The fraction of sp³-hybridized carbons (Fsp3) is 0.500. The number of likely N-dealkylation sites (tertiary alicyclic amines) is 1. The van der Waals surface area contributed by atoms with Crippen molar-refractivity contribution < 1.29 is 4.52 Å². The van der Waals surface area contributed by atoms with E-state index in [0.29, 0.717) is 12.1 Å². The number of hydrogen-bond donors (Lipinski definition) is 1. The number of nitrogens with zero attached hydrogens (tertiary/aromatic N) is 2. The van der Waals surface area contributed by atoms with Crippen LogP contribution in [0.1, 0.15) is 25.5 Å². The smallest absolute Gasteiger partial charge is 0.177 e. The first kappa shape index (κ1) is 12.8. The molecule has 1 aliphatic heterocycles. The molecular formula is C14H19N3OS. The Kier molecular flexibility index (Phi) is 3.68. The molecule has 0 radical (unpaired) electrons. The summed E-state index contributed by atoms with van der Waals surface area (Å²) in [5, 5.41) is 6.23. The van der Waals surface area contributed by atoms with E-state index >= 15 is 0 Å². The molecule has 2 atom stereocenters. The summed E-state index contributed by atoms with van der Waals surface area (Å²) in [6.07, 6.45) is 2.13. The van der Waals surface area contributed by atoms with Gasteiger partial charge >= 0.3 is 0 Å². The average Bonchev–Trinajstić information content (AvgIpc) is 3.03. The van der Waals surface area contributed by atoms with Crippen LogP contribution in [0.3, 0.4) is 0 Å². The Labute approximate surface area is 117 Å². The third kappa shape index (κ3) is 2.88. The highest BCUT2D eigenvalue weighted by molar-refractivity contribution is 7.13. The third-order valence-electron chi connectivity index (χ3n) is 3.74. The highest BCUT2D eigenvalue weighted by Crippen LogP contribution is 2.26. The molecule has 1 fully saturated rings. The van der Waals surface area contributed by atoms with E-state index in [4.69, 9.17) is 10.3 Å². The van der Waals surface area contributed by atoms with Crippen LogP contribution in [0.5, 0.6) is 0 Å². The molecule has 2 aromatic heterocycles. The van der Waals surface area contributed by atoms with Crippen molar-refractivity contribution in [3.05, 3.63) is 29.3 Å². The van der Waals surface area contributed by atoms with Crippen LogP contribution in [-0.4, -0.2) is 28.7 Å². The van der Waals surface area contributed by atoms with E-state index in [9.17, 15) is 0 Å². The van der Waals surface area contributed by atoms with Gasteiger partial charge in [-0.05, 0) is 31.2 Å². The predicted molar refractivity (Wildman–Crippen MR) is 76.9 cm³/mol. The van der Waals surface area contributed by atoms with Gasteiger partial charge in [-0.15, -0.1) is 11.3 Å². The molecule has 19 heavy (non-hydrogen) atoms. The van der Waals surface area contributed by atoms with Gasteiger partial charge in [-0.1, -0.05) is 11.2 Å². The summed E-state index contributed by atoms with van der Waals surface area (Å²) in [5.74, 6) is 0.867. The quantitative estimate of drug-likeness (QED) is 0.937. The monoisotopic (exact) mass is 277 g/mol. The second-order valence-electron chi connectivity index (χ2n) is 5.26. The maximum atomic E-state index is 5.99. The zero-order valence-corrected chi connectivity index (χ0v) is 11.9. The van der Waals surface area contributed by atoms with E-state index in [1.54, 1.807) is 11.3 Å². The third-order valence-corrected chi connectivity index (χ3v) is 4.63. The van der Waals surface area contributed by atoms with Crippen molar-refractivity contribution in [1.29, 1.82) is 0 Å². The topological polar surface area (TPSA) is 55.3 Å². The maximum Gasteiger partial charge on any atom is 0.177 e. The minimum Gasteiger partial charge on any atom is -0.355 e. The first-order valence-electron chi connectivity index (χ1n) is 6.71. The molecule has 2 aromatic rings. The maximum absolute atomic E-state index is 5.99. The average molecular weight is 277 g/mol. The van der Waals surface area contributed by atoms with E-state index < -0.39 is 0 Å². The van der Waals surface area contributed by atoms with Crippen molar-refractivity contribution in [2.45, 2.75) is 38.4 Å². The lowest BCUT2D eigenvalue weighted by atomic mass is 9.99. The first-order valence-corrected chi connectivity index (χ1v) is 7.59. The SMILES string of the molecule is CC1CC(N)CCN1Cc1cc(-c2cccs2)on1. The van der Waals surface area contributed by atoms with Gasteiger partial charge in [0, 0.05) is 31.2 Å². The van der Waals surface area contributed by atoms with E-state index in [0.717, 1.165) is 42.3 Å². The molecule has 4 nitrogen and oxygen atoms in total. The summed E-state index contributed by atoms with van der Waals surface area (Å²) in [5.41, 5.74) is 6.99. The van der Waals surface area contributed by atoms with Crippen molar-refractivity contribution >= 4 is 11.3 Å². The molecule has 0 spiro atoms. The number of thiophene rings is 1. The summed E-state index contributed by atoms with van der Waals surface area (Å²) in [6, 6.07) is 7.00. The molecular weight excluding hydrogens is 258 g/mol. The minimum absolute atomic E-state index is 0.352. The molecule has 2 unspecified atom stereocenters. The van der Waals surface area contributed by atoms with Gasteiger partial charge in [0.05, 0.1) is 10.6 Å². The molecule has 0 aliphatic carbocycles. The molecule has 1 aliphatic rings. The summed E-state index contributed by atoms with van der Waals surface area (Å²) < 4.78 is 5.42. The van der Waals surface area contributed by atoms with E-state index in [1.165, 1.54) is 0 Å². The van der Waals surface area contributed by atoms with Gasteiger partial charge in [0.1, 0.15) is 0 Å². The second kappa shape index (κ2) is 5.45. The van der Waals surface area contributed by atoms with Crippen LogP contribution in [0, 0.1) is 0 Å². The lowest BCUT2D eigenvalue weighted by molar-refractivity contribution is 0.136. The molecule has 3 rings (SSSR count). The molecule has 3 heterocycles. The van der Waals surface area contributed by atoms with Gasteiger partial charge in [0.15, 0.2) is 5.76 Å². The Morgan fingerprint density at radius 3 is 3.21 bits per heavy atom. The lowest BCUT2D eigenvalue weighted by Crippen LogP contribution is -2.45. The number of hydrogen-bond acceptors (Lipinski definition) is 5. The summed E-state index contributed by atoms with van der Waals surface area (Å²) in [6.45, 7) is 4.13. The summed E-state index contributed by atoms with van der Waals surface area (Å²) >= 11 is 1.67. The van der Waals surface area contributed by atoms with Crippen LogP contribution in [0.2, 0.25) is 0 Å². The van der Waals surface area contributed by atoms with Crippen molar-refractivity contribution in [3.8, 4) is 10.6 Å². The molecule has 0 amide bonds. The van der Waals surface area contributed by atoms with Crippen LogP contribution < -0.4 is 5.73 Å².